The Morgan fingerprint density at radius 1 is 1.23 bits per heavy atom. The third-order valence-electron chi connectivity index (χ3n) is 6.96. The summed E-state index contributed by atoms with van der Waals surface area (Å²) in [6, 6.07) is 7.15. The number of hydrogen-bond donors (Lipinski definition) is 0. The molecule has 40 heavy (non-hydrogen) atoms. The summed E-state index contributed by atoms with van der Waals surface area (Å²) in [6.45, 7) is 12.0. The third-order valence-corrected chi connectivity index (χ3v) is 8.46. The SMILES string of the molecule is C=CC(=O)N1CCN(C2=NS(=O)(=O)N(c3c(C)cnn3C(C)C)c3nc(-c4ccccc4F)c(Cl)cc32)C(C)C1. The van der Waals surface area contributed by atoms with Gasteiger partial charge in [0.25, 0.3) is 0 Å². The van der Waals surface area contributed by atoms with Crippen molar-refractivity contribution in [1.29, 1.82) is 0 Å². The first kappa shape index (κ1) is 27.8. The Kier molecular flexibility index (Phi) is 7.17. The predicted molar refractivity (Wildman–Crippen MR) is 153 cm³/mol. The van der Waals surface area contributed by atoms with Crippen LogP contribution in [0.3, 0.4) is 0 Å². The number of nitrogens with zero attached hydrogens (tertiary/aromatic N) is 7. The summed E-state index contributed by atoms with van der Waals surface area (Å²) in [7, 11) is -4.39. The maximum Gasteiger partial charge on any atom is 0.353 e. The fraction of sp³-hybridized carbons (Fsp3) is 0.333. The standard InChI is InChI=1S/C27H29ClFN7O3S/c1-6-23(37)33-11-12-34(18(5)15-33)26-20-13-21(28)24(19-9-7-8-10-22(19)29)31-25(20)36(40(38,39)32-26)27-17(4)14-30-35(27)16(2)3/h6-10,13-14,16,18H,1,11-12,15H2,2-5H3. The number of piperazine rings is 1. The van der Waals surface area contributed by atoms with Gasteiger partial charge in [-0.3, -0.25) is 4.79 Å². The molecule has 1 amide bonds. The van der Waals surface area contributed by atoms with Gasteiger partial charge in [-0.05, 0) is 52.0 Å². The number of carbonyl (C=O) groups is 1. The Morgan fingerprint density at radius 2 is 1.95 bits per heavy atom. The van der Waals surface area contributed by atoms with Gasteiger partial charge < -0.3 is 9.80 Å². The van der Waals surface area contributed by atoms with Gasteiger partial charge in [0.15, 0.2) is 17.5 Å². The number of pyridine rings is 1. The minimum absolute atomic E-state index is 0.0370. The van der Waals surface area contributed by atoms with Gasteiger partial charge in [-0.25, -0.2) is 14.1 Å². The zero-order chi connectivity index (χ0) is 28.9. The second-order valence-corrected chi connectivity index (χ2v) is 11.9. The van der Waals surface area contributed by atoms with E-state index < -0.39 is 16.0 Å². The predicted octanol–water partition coefficient (Wildman–Crippen LogP) is 4.49. The number of benzene rings is 1. The van der Waals surface area contributed by atoms with Crippen molar-refractivity contribution in [2.24, 2.45) is 4.40 Å². The Bertz CT molecular complexity index is 1650. The van der Waals surface area contributed by atoms with Crippen molar-refractivity contribution >= 4 is 45.2 Å². The lowest BCUT2D eigenvalue weighted by Gasteiger charge is -2.42. The van der Waals surface area contributed by atoms with E-state index >= 15 is 0 Å². The van der Waals surface area contributed by atoms with Gasteiger partial charge in [-0.15, -0.1) is 4.40 Å². The molecule has 3 aromatic rings. The topological polar surface area (TPSA) is 104 Å². The molecule has 13 heteroatoms. The first-order chi connectivity index (χ1) is 18.9. The molecule has 0 aliphatic carbocycles. The second-order valence-electron chi connectivity index (χ2n) is 10.0. The summed E-state index contributed by atoms with van der Waals surface area (Å²) in [5.41, 5.74) is 1.19. The Morgan fingerprint density at radius 3 is 2.60 bits per heavy atom. The molecular formula is C27H29ClFN7O3S. The summed E-state index contributed by atoms with van der Waals surface area (Å²) < 4.78 is 49.8. The molecule has 0 N–H and O–H groups in total. The Labute approximate surface area is 237 Å². The maximum atomic E-state index is 14.9. The minimum atomic E-state index is -4.39. The third kappa shape index (κ3) is 4.64. The second kappa shape index (κ2) is 10.3. The van der Waals surface area contributed by atoms with Crippen LogP contribution in [0.2, 0.25) is 5.02 Å². The smallest absolute Gasteiger partial charge is 0.349 e. The van der Waals surface area contributed by atoms with Crippen LogP contribution in [-0.4, -0.2) is 70.4 Å². The number of halogens is 2. The fourth-order valence-electron chi connectivity index (χ4n) is 5.04. The van der Waals surface area contributed by atoms with E-state index in [1.807, 2.05) is 25.7 Å². The highest BCUT2D eigenvalue weighted by Crippen LogP contribution is 2.42. The number of hydrogen-bond acceptors (Lipinski definition) is 6. The van der Waals surface area contributed by atoms with E-state index in [1.54, 1.807) is 40.9 Å². The molecule has 10 nitrogen and oxygen atoms in total. The highest BCUT2D eigenvalue weighted by atomic mass is 35.5. The van der Waals surface area contributed by atoms with E-state index in [2.05, 4.69) is 16.1 Å². The van der Waals surface area contributed by atoms with Crippen molar-refractivity contribution < 1.29 is 17.6 Å². The molecular weight excluding hydrogens is 557 g/mol. The molecule has 1 unspecified atom stereocenters. The zero-order valence-electron chi connectivity index (χ0n) is 22.5. The largest absolute Gasteiger partial charge is 0.353 e. The van der Waals surface area contributed by atoms with Crippen LogP contribution in [0, 0.1) is 12.7 Å². The number of fused-ring (bicyclic) bond motifs is 1. The van der Waals surface area contributed by atoms with Crippen LogP contribution in [0.15, 0.2) is 53.6 Å². The van der Waals surface area contributed by atoms with Crippen LogP contribution in [0.1, 0.15) is 37.9 Å². The van der Waals surface area contributed by atoms with Crippen molar-refractivity contribution in [1.82, 2.24) is 24.6 Å². The van der Waals surface area contributed by atoms with Crippen LogP contribution in [0.25, 0.3) is 11.3 Å². The van der Waals surface area contributed by atoms with E-state index in [0.717, 1.165) is 4.31 Å². The molecule has 4 heterocycles. The van der Waals surface area contributed by atoms with E-state index in [0.29, 0.717) is 30.8 Å². The first-order valence-electron chi connectivity index (χ1n) is 12.8. The van der Waals surface area contributed by atoms with Crippen molar-refractivity contribution in [2.75, 3.05) is 23.9 Å². The van der Waals surface area contributed by atoms with E-state index in [-0.39, 0.29) is 51.7 Å². The average Bonchev–Trinajstić information content (AvgIpc) is 3.28. The fourth-order valence-corrected chi connectivity index (χ4v) is 6.60. The molecule has 2 aliphatic heterocycles. The molecule has 0 saturated carbocycles. The van der Waals surface area contributed by atoms with Crippen molar-refractivity contribution in [3.63, 3.8) is 0 Å². The molecule has 1 saturated heterocycles. The molecule has 2 aliphatic rings. The molecule has 210 valence electrons. The molecule has 5 rings (SSSR count). The highest BCUT2D eigenvalue weighted by molar-refractivity contribution is 7.92. The molecule has 1 aromatic carbocycles. The summed E-state index contributed by atoms with van der Waals surface area (Å²) in [4.78, 5) is 20.4. The van der Waals surface area contributed by atoms with Gasteiger partial charge in [0.05, 0.1) is 22.5 Å². The van der Waals surface area contributed by atoms with E-state index in [9.17, 15) is 17.6 Å². The molecule has 2 aromatic heterocycles. The van der Waals surface area contributed by atoms with Crippen LogP contribution in [0.4, 0.5) is 16.0 Å². The lowest BCUT2D eigenvalue weighted by molar-refractivity contribution is -0.128. The number of aromatic nitrogens is 3. The lowest BCUT2D eigenvalue weighted by Crippen LogP contribution is -2.56. The lowest BCUT2D eigenvalue weighted by atomic mass is 10.1. The first-order valence-corrected chi connectivity index (χ1v) is 14.5. The van der Waals surface area contributed by atoms with Crippen molar-refractivity contribution in [3.05, 3.63) is 71.2 Å². The normalized spacial score (nSPS) is 18.5. The van der Waals surface area contributed by atoms with Gasteiger partial charge in [-0.2, -0.15) is 17.8 Å². The van der Waals surface area contributed by atoms with Gasteiger partial charge in [0.1, 0.15) is 5.82 Å². The Balaban J connectivity index is 1.74. The van der Waals surface area contributed by atoms with Gasteiger partial charge in [0.2, 0.25) is 5.91 Å². The van der Waals surface area contributed by atoms with Gasteiger partial charge in [0, 0.05) is 42.8 Å². The van der Waals surface area contributed by atoms with Crippen LogP contribution < -0.4 is 4.31 Å². The van der Waals surface area contributed by atoms with Crippen LogP contribution in [0.5, 0.6) is 0 Å². The van der Waals surface area contributed by atoms with Crippen LogP contribution >= 0.6 is 11.6 Å². The van der Waals surface area contributed by atoms with Crippen molar-refractivity contribution in [3.8, 4) is 11.3 Å². The van der Waals surface area contributed by atoms with E-state index in [1.165, 1.54) is 18.2 Å². The summed E-state index contributed by atoms with van der Waals surface area (Å²) in [5.74, 6) is -0.270. The number of amides is 1. The summed E-state index contributed by atoms with van der Waals surface area (Å²) in [5, 5.41) is 4.52. The summed E-state index contributed by atoms with van der Waals surface area (Å²) in [6.07, 6.45) is 2.83. The number of rotatable bonds is 4. The number of anilines is 2. The summed E-state index contributed by atoms with van der Waals surface area (Å²) >= 11 is 6.70. The molecule has 0 bridgehead atoms. The molecule has 0 radical (unpaired) electrons. The quantitative estimate of drug-likeness (QED) is 0.418. The zero-order valence-corrected chi connectivity index (χ0v) is 24.1. The molecule has 1 fully saturated rings. The monoisotopic (exact) mass is 585 g/mol. The van der Waals surface area contributed by atoms with E-state index in [4.69, 9.17) is 16.6 Å². The molecule has 1 atom stereocenters. The van der Waals surface area contributed by atoms with Crippen molar-refractivity contribution in [2.45, 2.75) is 39.8 Å². The average molecular weight is 586 g/mol. The Hall–Kier alpha value is -3.77. The molecule has 0 spiro atoms. The highest BCUT2D eigenvalue weighted by Gasteiger charge is 2.41. The number of aryl methyl sites for hydroxylation is 1. The van der Waals surface area contributed by atoms with Crippen LogP contribution in [-0.2, 0) is 15.0 Å². The van der Waals surface area contributed by atoms with Gasteiger partial charge in [-0.1, -0.05) is 30.3 Å². The maximum absolute atomic E-state index is 14.9. The minimum Gasteiger partial charge on any atom is -0.349 e. The number of amidine groups is 1. The van der Waals surface area contributed by atoms with Gasteiger partial charge >= 0.3 is 10.2 Å². The number of carbonyl (C=O) groups excluding carboxylic acids is 1.